The topological polar surface area (TPSA) is 74.6 Å². The Morgan fingerprint density at radius 1 is 1.00 bits per heavy atom. The van der Waals surface area contributed by atoms with E-state index in [1.54, 1.807) is 6.92 Å². The van der Waals surface area contributed by atoms with Gasteiger partial charge in [0.25, 0.3) is 0 Å². The summed E-state index contributed by atoms with van der Waals surface area (Å²) in [6, 6.07) is 0. The fraction of sp³-hybridized carbons (Fsp3) is 0.600. The van der Waals surface area contributed by atoms with Crippen LogP contribution in [0.3, 0.4) is 0 Å². The van der Waals surface area contributed by atoms with E-state index in [0.717, 1.165) is 30.9 Å². The maximum absolute atomic E-state index is 11.2. The van der Waals surface area contributed by atoms with Gasteiger partial charge in [-0.1, -0.05) is 38.2 Å². The molecule has 0 atom stereocenters. The summed E-state index contributed by atoms with van der Waals surface area (Å²) in [7, 11) is 0. The Labute approximate surface area is 114 Å². The van der Waals surface area contributed by atoms with Crippen molar-refractivity contribution in [2.75, 3.05) is 0 Å². The molecule has 0 spiro atoms. The standard InChI is InChI=1S/C15H24O4/c1-4-5-6-7-8-9-11(2)14(15(18)19)12(3)10-13(16)17/h10H,4-9H2,1-3H3,(H,16,17)(H,18,19)/b12-10+,14-11+. The van der Waals surface area contributed by atoms with Gasteiger partial charge < -0.3 is 10.2 Å². The molecule has 2 N–H and O–H groups in total. The van der Waals surface area contributed by atoms with Gasteiger partial charge in [0.05, 0.1) is 5.57 Å². The highest BCUT2D eigenvalue weighted by atomic mass is 16.4. The van der Waals surface area contributed by atoms with Crippen LogP contribution in [0.25, 0.3) is 0 Å². The van der Waals surface area contributed by atoms with E-state index in [0.29, 0.717) is 12.0 Å². The van der Waals surface area contributed by atoms with E-state index in [9.17, 15) is 14.7 Å². The van der Waals surface area contributed by atoms with Crippen molar-refractivity contribution in [3.05, 3.63) is 22.8 Å². The summed E-state index contributed by atoms with van der Waals surface area (Å²) in [6.45, 7) is 5.44. The highest BCUT2D eigenvalue weighted by Crippen LogP contribution is 2.20. The van der Waals surface area contributed by atoms with Crippen LogP contribution in [-0.4, -0.2) is 22.2 Å². The minimum absolute atomic E-state index is 0.137. The van der Waals surface area contributed by atoms with Gasteiger partial charge in [-0.15, -0.1) is 0 Å². The molecular weight excluding hydrogens is 244 g/mol. The number of unbranched alkanes of at least 4 members (excludes halogenated alkanes) is 4. The second-order valence-corrected chi connectivity index (χ2v) is 4.79. The number of hydrogen-bond donors (Lipinski definition) is 2. The average Bonchev–Trinajstić information content (AvgIpc) is 2.27. The first-order chi connectivity index (χ1) is 8.90. The van der Waals surface area contributed by atoms with Crippen molar-refractivity contribution in [2.45, 2.75) is 59.3 Å². The number of allylic oxidation sites excluding steroid dienone is 1. The molecule has 0 saturated carbocycles. The Hall–Kier alpha value is -1.58. The lowest BCUT2D eigenvalue weighted by atomic mass is 9.97. The molecule has 0 unspecified atom stereocenters. The summed E-state index contributed by atoms with van der Waals surface area (Å²) in [4.78, 5) is 21.8. The van der Waals surface area contributed by atoms with Gasteiger partial charge in [0, 0.05) is 6.08 Å². The first-order valence-corrected chi connectivity index (χ1v) is 6.74. The summed E-state index contributed by atoms with van der Waals surface area (Å²) in [5.74, 6) is -2.17. The van der Waals surface area contributed by atoms with Crippen molar-refractivity contribution >= 4 is 11.9 Å². The number of aliphatic carboxylic acids is 2. The predicted molar refractivity (Wildman–Crippen MR) is 75.1 cm³/mol. The number of carbonyl (C=O) groups is 2. The zero-order valence-electron chi connectivity index (χ0n) is 12.0. The van der Waals surface area contributed by atoms with Crippen molar-refractivity contribution in [3.63, 3.8) is 0 Å². The van der Waals surface area contributed by atoms with Crippen LogP contribution >= 0.6 is 0 Å². The molecule has 0 heterocycles. The molecule has 4 nitrogen and oxygen atoms in total. The third-order valence-electron chi connectivity index (χ3n) is 3.03. The monoisotopic (exact) mass is 268 g/mol. The summed E-state index contributed by atoms with van der Waals surface area (Å²) < 4.78 is 0. The van der Waals surface area contributed by atoms with Crippen molar-refractivity contribution in [1.29, 1.82) is 0 Å². The first-order valence-electron chi connectivity index (χ1n) is 6.74. The third kappa shape index (κ3) is 7.44. The molecule has 0 aliphatic rings. The maximum atomic E-state index is 11.2. The average molecular weight is 268 g/mol. The van der Waals surface area contributed by atoms with Gasteiger partial charge in [0.2, 0.25) is 0 Å². The normalized spacial score (nSPS) is 13.1. The molecule has 0 amide bonds. The number of hydrogen-bond acceptors (Lipinski definition) is 2. The van der Waals surface area contributed by atoms with Crippen LogP contribution in [0.15, 0.2) is 22.8 Å². The second-order valence-electron chi connectivity index (χ2n) is 4.79. The van der Waals surface area contributed by atoms with E-state index in [2.05, 4.69) is 6.92 Å². The fourth-order valence-corrected chi connectivity index (χ4v) is 2.06. The molecule has 0 aliphatic heterocycles. The van der Waals surface area contributed by atoms with E-state index < -0.39 is 11.9 Å². The minimum atomic E-state index is -1.12. The van der Waals surface area contributed by atoms with Gasteiger partial charge in [-0.2, -0.15) is 0 Å². The highest BCUT2D eigenvalue weighted by molar-refractivity contribution is 5.95. The Bertz CT molecular complexity index is 378. The van der Waals surface area contributed by atoms with Crippen LogP contribution in [0, 0.1) is 0 Å². The molecule has 0 aromatic rings. The molecule has 0 aromatic carbocycles. The van der Waals surface area contributed by atoms with Gasteiger partial charge in [0.1, 0.15) is 0 Å². The molecule has 0 aromatic heterocycles. The summed E-state index contributed by atoms with van der Waals surface area (Å²) >= 11 is 0. The molecule has 0 rings (SSSR count). The second kappa shape index (κ2) is 9.36. The van der Waals surface area contributed by atoms with Gasteiger partial charge in [0.15, 0.2) is 0 Å². The zero-order chi connectivity index (χ0) is 14.8. The lowest BCUT2D eigenvalue weighted by Gasteiger charge is -2.08. The Morgan fingerprint density at radius 3 is 2.05 bits per heavy atom. The highest BCUT2D eigenvalue weighted by Gasteiger charge is 2.14. The van der Waals surface area contributed by atoms with Crippen LogP contribution in [0.4, 0.5) is 0 Å². The van der Waals surface area contributed by atoms with Crippen molar-refractivity contribution in [2.24, 2.45) is 0 Å². The zero-order valence-corrected chi connectivity index (χ0v) is 12.0. The van der Waals surface area contributed by atoms with Crippen molar-refractivity contribution in [3.8, 4) is 0 Å². The molecular formula is C15H24O4. The molecule has 0 fully saturated rings. The van der Waals surface area contributed by atoms with Crippen molar-refractivity contribution < 1.29 is 19.8 Å². The van der Waals surface area contributed by atoms with E-state index in [4.69, 9.17) is 5.11 Å². The summed E-state index contributed by atoms with van der Waals surface area (Å²) in [6.07, 6.45) is 7.22. The Morgan fingerprint density at radius 2 is 1.58 bits per heavy atom. The van der Waals surface area contributed by atoms with Crippen LogP contribution in [-0.2, 0) is 9.59 Å². The molecule has 0 aliphatic carbocycles. The van der Waals surface area contributed by atoms with Crippen LogP contribution in [0.5, 0.6) is 0 Å². The quantitative estimate of drug-likeness (QED) is 0.379. The van der Waals surface area contributed by atoms with Gasteiger partial charge in [-0.25, -0.2) is 9.59 Å². The Balaban J connectivity index is 4.70. The Kier molecular flexibility index (Phi) is 8.58. The van der Waals surface area contributed by atoms with Crippen LogP contribution in [0.2, 0.25) is 0 Å². The maximum Gasteiger partial charge on any atom is 0.335 e. The minimum Gasteiger partial charge on any atom is -0.478 e. The molecule has 0 bridgehead atoms. The first kappa shape index (κ1) is 17.4. The van der Waals surface area contributed by atoms with Crippen LogP contribution in [0.1, 0.15) is 59.3 Å². The fourth-order valence-electron chi connectivity index (χ4n) is 2.06. The van der Waals surface area contributed by atoms with Gasteiger partial charge in [-0.3, -0.25) is 0 Å². The number of carboxylic acids is 2. The predicted octanol–water partition coefficient (Wildman–Crippen LogP) is 3.78. The van der Waals surface area contributed by atoms with Gasteiger partial charge in [-0.05, 0) is 32.3 Å². The lowest BCUT2D eigenvalue weighted by molar-refractivity contribution is -0.132. The lowest BCUT2D eigenvalue weighted by Crippen LogP contribution is -2.06. The molecule has 19 heavy (non-hydrogen) atoms. The summed E-state index contributed by atoms with van der Waals surface area (Å²) in [5, 5.41) is 17.9. The SMILES string of the molecule is CCCCCCC/C(C)=C(C(=O)O)\C(C)=C\C(=O)O. The molecule has 0 saturated heterocycles. The van der Waals surface area contributed by atoms with Gasteiger partial charge >= 0.3 is 11.9 Å². The summed E-state index contributed by atoms with van der Waals surface area (Å²) in [5.41, 5.74) is 1.18. The van der Waals surface area contributed by atoms with Crippen LogP contribution < -0.4 is 0 Å². The van der Waals surface area contributed by atoms with E-state index in [1.165, 1.54) is 19.8 Å². The molecule has 4 heteroatoms. The number of rotatable bonds is 9. The smallest absolute Gasteiger partial charge is 0.335 e. The molecule has 108 valence electrons. The van der Waals surface area contributed by atoms with E-state index in [-0.39, 0.29) is 5.57 Å². The number of carboxylic acid groups (broad SMARTS) is 2. The third-order valence-corrected chi connectivity index (χ3v) is 3.03. The van der Waals surface area contributed by atoms with E-state index in [1.807, 2.05) is 0 Å². The van der Waals surface area contributed by atoms with E-state index >= 15 is 0 Å². The van der Waals surface area contributed by atoms with Crippen molar-refractivity contribution in [1.82, 2.24) is 0 Å². The largest absolute Gasteiger partial charge is 0.478 e. The molecule has 0 radical (unpaired) electrons.